The third-order valence-electron chi connectivity index (χ3n) is 5.11. The lowest BCUT2D eigenvalue weighted by Crippen LogP contribution is -2.21. The number of ether oxygens (including phenoxy) is 2. The SMILES string of the molecule is COc1cc(-c2ccc(N3CSCCSC3)c(OC)c2)ccc1N1CSCCSC1. The van der Waals surface area contributed by atoms with Crippen LogP contribution in [0.5, 0.6) is 11.5 Å². The Labute approximate surface area is 196 Å². The van der Waals surface area contributed by atoms with Crippen LogP contribution < -0.4 is 19.3 Å². The van der Waals surface area contributed by atoms with Crippen molar-refractivity contribution in [1.29, 1.82) is 0 Å². The summed E-state index contributed by atoms with van der Waals surface area (Å²) in [6.07, 6.45) is 0. The molecule has 0 bridgehead atoms. The van der Waals surface area contributed by atoms with Gasteiger partial charge in [-0.2, -0.15) is 0 Å². The Morgan fingerprint density at radius 2 is 0.967 bits per heavy atom. The summed E-state index contributed by atoms with van der Waals surface area (Å²) < 4.78 is 11.6. The Morgan fingerprint density at radius 3 is 1.30 bits per heavy atom. The number of rotatable bonds is 5. The number of methoxy groups -OCH3 is 2. The van der Waals surface area contributed by atoms with E-state index in [0.29, 0.717) is 0 Å². The number of hydrogen-bond acceptors (Lipinski definition) is 8. The van der Waals surface area contributed by atoms with Crippen LogP contribution in [0.15, 0.2) is 36.4 Å². The molecule has 0 radical (unpaired) electrons. The van der Waals surface area contributed by atoms with Crippen LogP contribution in [0.4, 0.5) is 11.4 Å². The van der Waals surface area contributed by atoms with E-state index in [0.717, 1.165) is 46.1 Å². The second kappa shape index (κ2) is 11.1. The molecule has 0 amide bonds. The first-order valence-corrected chi connectivity index (χ1v) is 14.6. The average molecular weight is 481 g/mol. The lowest BCUT2D eigenvalue weighted by molar-refractivity contribution is 0.414. The lowest BCUT2D eigenvalue weighted by atomic mass is 10.0. The van der Waals surface area contributed by atoms with Crippen LogP contribution in [0.3, 0.4) is 0 Å². The van der Waals surface area contributed by atoms with Crippen molar-refractivity contribution in [2.24, 2.45) is 0 Å². The van der Waals surface area contributed by atoms with E-state index in [4.69, 9.17) is 9.47 Å². The number of nitrogens with zero attached hydrogens (tertiary/aromatic N) is 2. The third-order valence-corrected chi connectivity index (χ3v) is 9.57. The molecular weight excluding hydrogens is 453 g/mol. The smallest absolute Gasteiger partial charge is 0.142 e. The van der Waals surface area contributed by atoms with Crippen LogP contribution in [-0.2, 0) is 0 Å². The van der Waals surface area contributed by atoms with Gasteiger partial charge in [0.1, 0.15) is 11.5 Å². The number of benzene rings is 2. The van der Waals surface area contributed by atoms with Crippen LogP contribution in [0.1, 0.15) is 0 Å². The summed E-state index contributed by atoms with van der Waals surface area (Å²) in [5, 5.41) is 0. The van der Waals surface area contributed by atoms with Crippen molar-refractivity contribution in [3.05, 3.63) is 36.4 Å². The van der Waals surface area contributed by atoms with Crippen LogP contribution in [0, 0.1) is 0 Å². The van der Waals surface area contributed by atoms with Gasteiger partial charge in [0, 0.05) is 23.0 Å². The van der Waals surface area contributed by atoms with Gasteiger partial charge in [0.05, 0.1) is 49.1 Å². The first-order chi connectivity index (χ1) is 14.8. The molecule has 2 saturated heterocycles. The van der Waals surface area contributed by atoms with E-state index < -0.39 is 0 Å². The monoisotopic (exact) mass is 480 g/mol. The van der Waals surface area contributed by atoms with E-state index in [-0.39, 0.29) is 0 Å². The molecule has 0 atom stereocenters. The predicted molar refractivity (Wildman–Crippen MR) is 139 cm³/mol. The third kappa shape index (κ3) is 5.26. The molecule has 2 aliphatic rings. The standard InChI is InChI=1S/C22H28N2O2S4/c1-25-21-11-17(3-5-19(21)23-13-27-7-8-28-14-23)18-4-6-20(22(12-18)26-2)24-15-29-9-10-30-16-24/h3-6,11-12H,7-10,13-16H2,1-2H3. The second-order valence-corrected chi connectivity index (χ2v) is 11.3. The maximum Gasteiger partial charge on any atom is 0.142 e. The highest BCUT2D eigenvalue weighted by Gasteiger charge is 2.18. The first kappa shape index (κ1) is 22.2. The fraction of sp³-hybridized carbons (Fsp3) is 0.455. The molecule has 2 heterocycles. The first-order valence-electron chi connectivity index (χ1n) is 9.97. The molecule has 2 fully saturated rings. The molecule has 0 aromatic heterocycles. The fourth-order valence-electron chi connectivity index (χ4n) is 3.52. The Kier molecular flexibility index (Phi) is 8.21. The zero-order valence-electron chi connectivity index (χ0n) is 17.5. The predicted octanol–water partition coefficient (Wildman–Crippen LogP) is 5.77. The summed E-state index contributed by atoms with van der Waals surface area (Å²) in [5.41, 5.74) is 4.64. The Balaban J connectivity index is 1.61. The number of hydrogen-bond donors (Lipinski definition) is 0. The van der Waals surface area contributed by atoms with Gasteiger partial charge in [-0.15, -0.1) is 47.0 Å². The lowest BCUT2D eigenvalue weighted by Gasteiger charge is -2.25. The molecule has 2 aliphatic heterocycles. The quantitative estimate of drug-likeness (QED) is 0.532. The maximum absolute atomic E-state index is 5.79. The molecular formula is C22H28N2O2S4. The van der Waals surface area contributed by atoms with E-state index >= 15 is 0 Å². The van der Waals surface area contributed by atoms with E-state index in [1.165, 1.54) is 34.4 Å². The molecule has 30 heavy (non-hydrogen) atoms. The minimum absolute atomic E-state index is 0.930. The summed E-state index contributed by atoms with van der Waals surface area (Å²) in [6.45, 7) is 0. The molecule has 2 aromatic carbocycles. The van der Waals surface area contributed by atoms with Gasteiger partial charge in [-0.25, -0.2) is 0 Å². The number of thioether (sulfide) groups is 4. The van der Waals surface area contributed by atoms with Crippen LogP contribution >= 0.6 is 47.0 Å². The molecule has 0 unspecified atom stereocenters. The zero-order valence-corrected chi connectivity index (χ0v) is 20.7. The van der Waals surface area contributed by atoms with Crippen LogP contribution in [0.25, 0.3) is 11.1 Å². The highest BCUT2D eigenvalue weighted by Crippen LogP contribution is 2.39. The molecule has 8 heteroatoms. The van der Waals surface area contributed by atoms with Crippen molar-refractivity contribution in [3.8, 4) is 22.6 Å². The average Bonchev–Trinajstić information content (AvgIpc) is 3.23. The van der Waals surface area contributed by atoms with Gasteiger partial charge in [0.15, 0.2) is 0 Å². The van der Waals surface area contributed by atoms with Gasteiger partial charge in [-0.3, -0.25) is 0 Å². The van der Waals surface area contributed by atoms with E-state index in [2.05, 4.69) is 46.2 Å². The Bertz CT molecular complexity index is 766. The van der Waals surface area contributed by atoms with Crippen LogP contribution in [0.2, 0.25) is 0 Å². The topological polar surface area (TPSA) is 24.9 Å². The molecule has 4 nitrogen and oxygen atoms in total. The van der Waals surface area contributed by atoms with Gasteiger partial charge >= 0.3 is 0 Å². The molecule has 0 spiro atoms. The molecule has 0 N–H and O–H groups in total. The largest absolute Gasteiger partial charge is 0.495 e. The molecule has 162 valence electrons. The van der Waals surface area contributed by atoms with Gasteiger partial charge in [-0.1, -0.05) is 12.1 Å². The van der Waals surface area contributed by atoms with Gasteiger partial charge in [0.2, 0.25) is 0 Å². The Morgan fingerprint density at radius 1 is 0.600 bits per heavy atom. The second-order valence-electron chi connectivity index (χ2n) is 7.00. The van der Waals surface area contributed by atoms with E-state index in [1.54, 1.807) is 14.2 Å². The summed E-state index contributed by atoms with van der Waals surface area (Å²) in [7, 11) is 3.53. The van der Waals surface area contributed by atoms with Crippen molar-refractivity contribution < 1.29 is 9.47 Å². The van der Waals surface area contributed by atoms with Crippen molar-refractivity contribution in [1.82, 2.24) is 0 Å². The van der Waals surface area contributed by atoms with Crippen molar-refractivity contribution in [2.45, 2.75) is 0 Å². The van der Waals surface area contributed by atoms with Crippen molar-refractivity contribution in [3.63, 3.8) is 0 Å². The molecule has 4 rings (SSSR count). The molecule has 0 aliphatic carbocycles. The minimum Gasteiger partial charge on any atom is -0.495 e. The summed E-state index contributed by atoms with van der Waals surface area (Å²) >= 11 is 7.94. The van der Waals surface area contributed by atoms with Crippen molar-refractivity contribution >= 4 is 58.4 Å². The summed E-state index contributed by atoms with van der Waals surface area (Å²) in [4.78, 5) is 4.81. The summed E-state index contributed by atoms with van der Waals surface area (Å²) in [5.74, 6) is 10.7. The van der Waals surface area contributed by atoms with Crippen molar-refractivity contribution in [2.75, 3.05) is 70.5 Å². The normalized spacial score (nSPS) is 17.9. The van der Waals surface area contributed by atoms with E-state index in [9.17, 15) is 0 Å². The highest BCUT2D eigenvalue weighted by molar-refractivity contribution is 8.04. The van der Waals surface area contributed by atoms with Gasteiger partial charge < -0.3 is 19.3 Å². The van der Waals surface area contributed by atoms with Gasteiger partial charge in [0.25, 0.3) is 0 Å². The van der Waals surface area contributed by atoms with Crippen LogP contribution in [-0.4, -0.2) is 60.7 Å². The maximum atomic E-state index is 5.79. The zero-order chi connectivity index (χ0) is 20.8. The number of anilines is 2. The minimum atomic E-state index is 0.930. The highest BCUT2D eigenvalue weighted by atomic mass is 32.2. The Hall–Kier alpha value is -0.960. The molecule has 0 saturated carbocycles. The fourth-order valence-corrected chi connectivity index (χ4v) is 7.96. The summed E-state index contributed by atoms with van der Waals surface area (Å²) in [6, 6.07) is 13.1. The van der Waals surface area contributed by atoms with E-state index in [1.807, 2.05) is 47.0 Å². The van der Waals surface area contributed by atoms with Gasteiger partial charge in [-0.05, 0) is 35.4 Å². The molecule has 2 aromatic rings.